The third kappa shape index (κ3) is 1.93. The summed E-state index contributed by atoms with van der Waals surface area (Å²) in [6, 6.07) is 0.537. The molecule has 2 aromatic heterocycles. The highest BCUT2D eigenvalue weighted by atomic mass is 32.1. The van der Waals surface area contributed by atoms with Gasteiger partial charge in [0, 0.05) is 10.9 Å². The fraction of sp³-hybridized carbons (Fsp3) is 0.600. The summed E-state index contributed by atoms with van der Waals surface area (Å²) in [4.78, 5) is 12.0. The van der Waals surface area contributed by atoms with Gasteiger partial charge in [-0.15, -0.1) is 11.3 Å². The van der Waals surface area contributed by atoms with Gasteiger partial charge in [-0.05, 0) is 57.4 Å². The fourth-order valence-corrected chi connectivity index (χ4v) is 4.44. The Morgan fingerprint density at radius 2 is 2.11 bits per heavy atom. The smallest absolute Gasteiger partial charge is 0.139 e. The van der Waals surface area contributed by atoms with Crippen LogP contribution in [-0.4, -0.2) is 16.0 Å². The molecule has 1 N–H and O–H groups in total. The lowest BCUT2D eigenvalue weighted by Gasteiger charge is -2.15. The second-order valence-electron chi connectivity index (χ2n) is 5.93. The lowest BCUT2D eigenvalue weighted by Crippen LogP contribution is -2.18. The first-order valence-corrected chi connectivity index (χ1v) is 8.09. The van der Waals surface area contributed by atoms with Crippen LogP contribution in [0, 0.1) is 12.8 Å². The van der Waals surface area contributed by atoms with Crippen molar-refractivity contribution in [1.29, 1.82) is 0 Å². The van der Waals surface area contributed by atoms with Crippen molar-refractivity contribution in [1.82, 2.24) is 9.97 Å². The second kappa shape index (κ2) is 4.17. The Morgan fingerprint density at radius 1 is 1.26 bits per heavy atom. The summed E-state index contributed by atoms with van der Waals surface area (Å²) in [5.41, 5.74) is 1.52. The Hall–Kier alpha value is -1.16. The van der Waals surface area contributed by atoms with E-state index in [1.807, 2.05) is 18.3 Å². The molecule has 0 aliphatic heterocycles. The van der Waals surface area contributed by atoms with Gasteiger partial charge in [-0.25, -0.2) is 9.97 Å². The first kappa shape index (κ1) is 11.6. The third-order valence-corrected chi connectivity index (χ3v) is 5.56. The molecule has 0 saturated heterocycles. The quantitative estimate of drug-likeness (QED) is 0.926. The standard InChI is InChI=1S/C15H19N3S/c1-8(10-6-7-10)16-14-13-11-4-3-5-12(11)19-15(13)18-9(2)17-14/h8,10H,3-7H2,1-2H3,(H,16,17,18)/t8-/m0/s1. The van der Waals surface area contributed by atoms with E-state index >= 15 is 0 Å². The summed E-state index contributed by atoms with van der Waals surface area (Å²) in [5.74, 6) is 2.82. The summed E-state index contributed by atoms with van der Waals surface area (Å²) >= 11 is 1.87. The molecular formula is C15H19N3S. The van der Waals surface area contributed by atoms with Crippen LogP contribution >= 0.6 is 11.3 Å². The lowest BCUT2D eigenvalue weighted by atomic mass is 10.1. The number of anilines is 1. The summed E-state index contributed by atoms with van der Waals surface area (Å²) < 4.78 is 0. The number of rotatable bonds is 3. The number of aromatic nitrogens is 2. The lowest BCUT2D eigenvalue weighted by molar-refractivity contribution is 0.691. The van der Waals surface area contributed by atoms with E-state index < -0.39 is 0 Å². The molecule has 0 bridgehead atoms. The van der Waals surface area contributed by atoms with Crippen molar-refractivity contribution in [2.45, 2.75) is 52.0 Å². The molecule has 100 valence electrons. The van der Waals surface area contributed by atoms with E-state index in [1.54, 1.807) is 0 Å². The van der Waals surface area contributed by atoms with E-state index in [9.17, 15) is 0 Å². The minimum absolute atomic E-state index is 0.537. The maximum Gasteiger partial charge on any atom is 0.139 e. The van der Waals surface area contributed by atoms with Crippen molar-refractivity contribution >= 4 is 27.4 Å². The van der Waals surface area contributed by atoms with Gasteiger partial charge in [0.2, 0.25) is 0 Å². The van der Waals surface area contributed by atoms with Gasteiger partial charge in [0.25, 0.3) is 0 Å². The van der Waals surface area contributed by atoms with Gasteiger partial charge in [0.15, 0.2) is 0 Å². The third-order valence-electron chi connectivity index (χ3n) is 4.37. The van der Waals surface area contributed by atoms with E-state index in [-0.39, 0.29) is 0 Å². The van der Waals surface area contributed by atoms with Crippen LogP contribution in [0.1, 0.15) is 42.5 Å². The number of aryl methyl sites for hydroxylation is 3. The number of nitrogens with zero attached hydrogens (tertiary/aromatic N) is 2. The Balaban J connectivity index is 1.82. The molecule has 2 aromatic rings. The van der Waals surface area contributed by atoms with Crippen LogP contribution in [-0.2, 0) is 12.8 Å². The van der Waals surface area contributed by atoms with Crippen LogP contribution in [0.15, 0.2) is 0 Å². The average Bonchev–Trinajstić information content (AvgIpc) is 3.02. The van der Waals surface area contributed by atoms with E-state index in [0.29, 0.717) is 6.04 Å². The van der Waals surface area contributed by atoms with Crippen LogP contribution in [0.4, 0.5) is 5.82 Å². The molecular weight excluding hydrogens is 254 g/mol. The Labute approximate surface area is 117 Å². The molecule has 2 heterocycles. The minimum atomic E-state index is 0.537. The fourth-order valence-electron chi connectivity index (χ4n) is 3.14. The van der Waals surface area contributed by atoms with Gasteiger partial charge in [-0.3, -0.25) is 0 Å². The first-order chi connectivity index (χ1) is 9.22. The highest BCUT2D eigenvalue weighted by Crippen LogP contribution is 2.41. The number of hydrogen-bond acceptors (Lipinski definition) is 4. The molecule has 1 saturated carbocycles. The molecule has 0 aromatic carbocycles. The van der Waals surface area contributed by atoms with Crippen molar-refractivity contribution in [3.8, 4) is 0 Å². The first-order valence-electron chi connectivity index (χ1n) is 7.28. The van der Waals surface area contributed by atoms with Crippen molar-refractivity contribution in [3.05, 3.63) is 16.3 Å². The van der Waals surface area contributed by atoms with Gasteiger partial charge >= 0.3 is 0 Å². The zero-order chi connectivity index (χ0) is 13.0. The van der Waals surface area contributed by atoms with Gasteiger partial charge in [-0.1, -0.05) is 0 Å². The summed E-state index contributed by atoms with van der Waals surface area (Å²) in [5, 5.41) is 4.97. The summed E-state index contributed by atoms with van der Waals surface area (Å²) in [6.07, 6.45) is 6.45. The Kier molecular flexibility index (Phi) is 2.56. The zero-order valence-corrected chi connectivity index (χ0v) is 12.3. The minimum Gasteiger partial charge on any atom is -0.367 e. The maximum atomic E-state index is 4.69. The molecule has 19 heavy (non-hydrogen) atoms. The van der Waals surface area contributed by atoms with Crippen LogP contribution in [0.3, 0.4) is 0 Å². The molecule has 1 atom stereocenters. The Morgan fingerprint density at radius 3 is 2.89 bits per heavy atom. The average molecular weight is 273 g/mol. The second-order valence-corrected chi connectivity index (χ2v) is 7.01. The maximum absolute atomic E-state index is 4.69. The van der Waals surface area contributed by atoms with Crippen LogP contribution < -0.4 is 5.32 Å². The zero-order valence-electron chi connectivity index (χ0n) is 11.5. The van der Waals surface area contributed by atoms with Crippen LogP contribution in [0.5, 0.6) is 0 Å². The van der Waals surface area contributed by atoms with Crippen LogP contribution in [0.25, 0.3) is 10.2 Å². The molecule has 0 amide bonds. The summed E-state index contributed by atoms with van der Waals surface area (Å²) in [7, 11) is 0. The number of hydrogen-bond donors (Lipinski definition) is 1. The van der Waals surface area contributed by atoms with Gasteiger partial charge < -0.3 is 5.32 Å². The molecule has 3 nitrogen and oxygen atoms in total. The summed E-state index contributed by atoms with van der Waals surface area (Å²) in [6.45, 7) is 4.28. The highest BCUT2D eigenvalue weighted by Gasteiger charge is 2.29. The number of fused-ring (bicyclic) bond motifs is 3. The Bertz CT molecular complexity index is 642. The largest absolute Gasteiger partial charge is 0.367 e. The molecule has 0 unspecified atom stereocenters. The predicted molar refractivity (Wildman–Crippen MR) is 80.0 cm³/mol. The number of thiophene rings is 1. The van der Waals surface area contributed by atoms with Crippen LogP contribution in [0.2, 0.25) is 0 Å². The molecule has 2 aliphatic carbocycles. The van der Waals surface area contributed by atoms with Crippen molar-refractivity contribution in [2.75, 3.05) is 5.32 Å². The molecule has 4 heteroatoms. The van der Waals surface area contributed by atoms with Crippen molar-refractivity contribution in [3.63, 3.8) is 0 Å². The van der Waals surface area contributed by atoms with E-state index in [2.05, 4.69) is 22.2 Å². The monoisotopic (exact) mass is 273 g/mol. The van der Waals surface area contributed by atoms with E-state index in [4.69, 9.17) is 0 Å². The molecule has 4 rings (SSSR count). The normalized spacial score (nSPS) is 19.7. The van der Waals surface area contributed by atoms with Gasteiger partial charge in [0.1, 0.15) is 16.5 Å². The topological polar surface area (TPSA) is 37.8 Å². The highest BCUT2D eigenvalue weighted by molar-refractivity contribution is 7.19. The van der Waals surface area contributed by atoms with Gasteiger partial charge in [0.05, 0.1) is 5.39 Å². The SMILES string of the molecule is Cc1nc(N[C@@H](C)C2CC2)c2c3c(sc2n1)CCC3. The van der Waals surface area contributed by atoms with Gasteiger partial charge in [-0.2, -0.15) is 0 Å². The van der Waals surface area contributed by atoms with Crippen molar-refractivity contribution < 1.29 is 0 Å². The predicted octanol–water partition coefficient (Wildman–Crippen LogP) is 3.70. The molecule has 1 fully saturated rings. The van der Waals surface area contributed by atoms with E-state index in [0.717, 1.165) is 17.6 Å². The van der Waals surface area contributed by atoms with E-state index in [1.165, 1.54) is 52.8 Å². The molecule has 0 radical (unpaired) electrons. The number of nitrogens with one attached hydrogen (secondary N) is 1. The molecule has 2 aliphatic rings. The van der Waals surface area contributed by atoms with Crippen molar-refractivity contribution in [2.24, 2.45) is 5.92 Å². The molecule has 0 spiro atoms.